The second-order valence-corrected chi connectivity index (χ2v) is 9.35. The highest BCUT2D eigenvalue weighted by molar-refractivity contribution is 6.61. The van der Waals surface area contributed by atoms with E-state index in [1.165, 1.54) is 51.4 Å². The van der Waals surface area contributed by atoms with Crippen molar-refractivity contribution in [2.45, 2.75) is 75.5 Å². The van der Waals surface area contributed by atoms with Gasteiger partial charge < -0.3 is 9.47 Å². The molecule has 2 heterocycles. The van der Waals surface area contributed by atoms with Gasteiger partial charge in [0.25, 0.3) is 0 Å². The smallest absolute Gasteiger partial charge is 0.106 e. The molecular weight excluding hydrogens is 228 g/mol. The lowest BCUT2D eigenvalue weighted by Crippen LogP contribution is -2.39. The van der Waals surface area contributed by atoms with Crippen molar-refractivity contribution in [2.24, 2.45) is 5.92 Å². The minimum atomic E-state index is -0.819. The number of hydrogen-bond donors (Lipinski definition) is 0. The van der Waals surface area contributed by atoms with Gasteiger partial charge >= 0.3 is 0 Å². The molecule has 4 atom stereocenters. The molecule has 0 aromatic rings. The zero-order valence-electron chi connectivity index (χ0n) is 11.1. The largest absolute Gasteiger partial charge is 0.382 e. The van der Waals surface area contributed by atoms with Crippen LogP contribution in [0.3, 0.4) is 0 Å². The van der Waals surface area contributed by atoms with Crippen LogP contribution in [0.1, 0.15) is 51.4 Å². The van der Waals surface area contributed by atoms with Gasteiger partial charge in [-0.25, -0.2) is 0 Å². The molecule has 3 heteroatoms. The number of hydrogen-bond acceptors (Lipinski definition) is 2. The van der Waals surface area contributed by atoms with Gasteiger partial charge in [0, 0.05) is 12.3 Å². The fourth-order valence-electron chi connectivity index (χ4n) is 3.79. The predicted molar refractivity (Wildman–Crippen MR) is 71.8 cm³/mol. The molecule has 2 aliphatic heterocycles. The molecule has 3 fully saturated rings. The molecule has 0 N–H and O–H groups in total. The third-order valence-corrected chi connectivity index (χ3v) is 8.27. The molecule has 98 valence electrons. The Bertz CT molecular complexity index is 247. The maximum atomic E-state index is 6.05. The highest BCUT2D eigenvalue weighted by Gasteiger charge is 2.50. The topological polar surface area (TPSA) is 21.8 Å². The van der Waals surface area contributed by atoms with E-state index in [4.69, 9.17) is 9.47 Å². The molecule has 3 aliphatic rings. The minimum Gasteiger partial charge on any atom is -0.382 e. The third-order valence-electron chi connectivity index (χ3n) is 5.00. The fraction of sp³-hybridized carbons (Fsp3) is 1.00. The Hall–Kier alpha value is 0.137. The van der Waals surface area contributed by atoms with Crippen LogP contribution < -0.4 is 0 Å². The second-order valence-electron chi connectivity index (χ2n) is 6.23. The summed E-state index contributed by atoms with van der Waals surface area (Å²) in [6, 6.07) is 0. The number of rotatable bonds is 3. The zero-order chi connectivity index (χ0) is 11.7. The molecule has 17 heavy (non-hydrogen) atoms. The van der Waals surface area contributed by atoms with Crippen molar-refractivity contribution in [3.05, 3.63) is 0 Å². The second kappa shape index (κ2) is 5.41. The Kier molecular flexibility index (Phi) is 3.88. The summed E-state index contributed by atoms with van der Waals surface area (Å²) in [7, 11) is -0.819. The molecule has 1 aliphatic carbocycles. The van der Waals surface area contributed by atoms with Crippen molar-refractivity contribution in [1.82, 2.24) is 0 Å². The lowest BCUT2D eigenvalue weighted by Gasteiger charge is -2.27. The standard InChI is InChI=1S/C14H26O2Si/c1-17(12-9-5-6-10-15-12)14-13(16-14)11-7-3-2-4-8-11/h11-14,17H,2-10H2,1H3. The molecule has 0 radical (unpaired) electrons. The summed E-state index contributed by atoms with van der Waals surface area (Å²) >= 11 is 0. The Morgan fingerprint density at radius 3 is 2.41 bits per heavy atom. The molecule has 0 bridgehead atoms. The van der Waals surface area contributed by atoms with Crippen molar-refractivity contribution in [3.63, 3.8) is 0 Å². The Morgan fingerprint density at radius 2 is 1.71 bits per heavy atom. The Labute approximate surface area is 107 Å². The first-order valence-corrected chi connectivity index (χ1v) is 10.1. The van der Waals surface area contributed by atoms with Gasteiger partial charge in [0.15, 0.2) is 0 Å². The van der Waals surface area contributed by atoms with Gasteiger partial charge in [0.1, 0.15) is 8.80 Å². The lowest BCUT2D eigenvalue weighted by atomic mass is 9.87. The van der Waals surface area contributed by atoms with Gasteiger partial charge in [-0.05, 0) is 38.0 Å². The summed E-state index contributed by atoms with van der Waals surface area (Å²) in [4.78, 5) is 0. The highest BCUT2D eigenvalue weighted by Crippen LogP contribution is 2.40. The van der Waals surface area contributed by atoms with Gasteiger partial charge in [-0.15, -0.1) is 0 Å². The maximum absolute atomic E-state index is 6.05. The van der Waals surface area contributed by atoms with E-state index in [1.807, 2.05) is 0 Å². The van der Waals surface area contributed by atoms with Crippen LogP contribution in [0.2, 0.25) is 6.55 Å². The Balaban J connectivity index is 1.49. The van der Waals surface area contributed by atoms with E-state index in [1.54, 1.807) is 0 Å². The molecular formula is C14H26O2Si. The minimum absolute atomic E-state index is 0.613. The van der Waals surface area contributed by atoms with Crippen LogP contribution in [0.5, 0.6) is 0 Å². The van der Waals surface area contributed by atoms with E-state index < -0.39 is 8.80 Å². The van der Waals surface area contributed by atoms with Crippen LogP contribution in [0.15, 0.2) is 0 Å². The van der Waals surface area contributed by atoms with Gasteiger partial charge in [-0.3, -0.25) is 0 Å². The first-order valence-electron chi connectivity index (χ1n) is 7.63. The first kappa shape index (κ1) is 12.2. The van der Waals surface area contributed by atoms with Crippen molar-refractivity contribution >= 4 is 8.80 Å². The van der Waals surface area contributed by atoms with Crippen molar-refractivity contribution in [3.8, 4) is 0 Å². The van der Waals surface area contributed by atoms with Gasteiger partial charge in [0.05, 0.1) is 11.8 Å². The molecule has 3 rings (SSSR count). The third kappa shape index (κ3) is 2.77. The van der Waals surface area contributed by atoms with E-state index in [0.29, 0.717) is 17.6 Å². The average molecular weight is 254 g/mol. The van der Waals surface area contributed by atoms with E-state index in [-0.39, 0.29) is 0 Å². The molecule has 4 unspecified atom stereocenters. The molecule has 2 saturated heterocycles. The molecule has 1 saturated carbocycles. The van der Waals surface area contributed by atoms with Crippen molar-refractivity contribution < 1.29 is 9.47 Å². The number of epoxide rings is 1. The SMILES string of the molecule is C[SiH](C1CCCCO1)C1OC1C1CCCCC1. The quantitative estimate of drug-likeness (QED) is 0.570. The monoisotopic (exact) mass is 254 g/mol. The van der Waals surface area contributed by atoms with Crippen molar-refractivity contribution in [1.29, 1.82) is 0 Å². The van der Waals surface area contributed by atoms with Crippen molar-refractivity contribution in [2.75, 3.05) is 6.61 Å². The maximum Gasteiger partial charge on any atom is 0.106 e. The van der Waals surface area contributed by atoms with E-state index in [2.05, 4.69) is 6.55 Å². The number of ether oxygens (including phenoxy) is 2. The molecule has 0 aromatic carbocycles. The summed E-state index contributed by atoms with van der Waals surface area (Å²) in [5, 5.41) is 0. The van der Waals surface area contributed by atoms with Gasteiger partial charge in [-0.1, -0.05) is 25.8 Å². The van der Waals surface area contributed by atoms with E-state index in [9.17, 15) is 0 Å². The van der Waals surface area contributed by atoms with E-state index in [0.717, 1.165) is 12.5 Å². The lowest BCUT2D eigenvalue weighted by molar-refractivity contribution is 0.0617. The zero-order valence-corrected chi connectivity index (χ0v) is 12.2. The van der Waals surface area contributed by atoms with Crippen LogP contribution in [0, 0.1) is 5.92 Å². The Morgan fingerprint density at radius 1 is 0.941 bits per heavy atom. The summed E-state index contributed by atoms with van der Waals surface area (Å²) in [6.07, 6.45) is 11.8. The van der Waals surface area contributed by atoms with Crippen LogP contribution in [0.25, 0.3) is 0 Å². The van der Waals surface area contributed by atoms with Crippen LogP contribution in [-0.4, -0.2) is 33.0 Å². The van der Waals surface area contributed by atoms with Crippen LogP contribution in [0.4, 0.5) is 0 Å². The molecule has 0 aromatic heterocycles. The van der Waals surface area contributed by atoms with E-state index >= 15 is 0 Å². The summed E-state index contributed by atoms with van der Waals surface area (Å²) in [6.45, 7) is 3.48. The van der Waals surface area contributed by atoms with Gasteiger partial charge in [-0.2, -0.15) is 0 Å². The van der Waals surface area contributed by atoms with Crippen LogP contribution in [-0.2, 0) is 9.47 Å². The predicted octanol–water partition coefficient (Wildman–Crippen LogP) is 2.84. The molecule has 2 nitrogen and oxygen atoms in total. The average Bonchev–Trinajstić information content (AvgIpc) is 3.20. The van der Waals surface area contributed by atoms with Crippen LogP contribution >= 0.6 is 0 Å². The molecule has 0 spiro atoms. The summed E-state index contributed by atoms with van der Waals surface area (Å²) in [5.41, 5.74) is 1.27. The fourth-order valence-corrected chi connectivity index (χ4v) is 6.76. The summed E-state index contributed by atoms with van der Waals surface area (Å²) in [5.74, 6) is 0.896. The molecule has 0 amide bonds. The normalized spacial score (nSPS) is 41.1. The highest BCUT2D eigenvalue weighted by atomic mass is 28.3. The summed E-state index contributed by atoms with van der Waals surface area (Å²) < 4.78 is 12.0. The van der Waals surface area contributed by atoms with Gasteiger partial charge in [0.2, 0.25) is 0 Å². The first-order chi connectivity index (χ1) is 8.36.